The van der Waals surface area contributed by atoms with Crippen molar-refractivity contribution in [2.24, 2.45) is 11.1 Å². The molecule has 0 saturated heterocycles. The van der Waals surface area contributed by atoms with Gasteiger partial charge >= 0.3 is 0 Å². The molecule has 0 bridgehead atoms. The van der Waals surface area contributed by atoms with Gasteiger partial charge in [-0.2, -0.15) is 0 Å². The number of nitrogens with two attached hydrogens (primary N) is 1. The van der Waals surface area contributed by atoms with Gasteiger partial charge in [0, 0.05) is 24.2 Å². The fraction of sp³-hybridized carbons (Fsp3) is 0.571. The normalized spacial score (nSPS) is 13.6. The van der Waals surface area contributed by atoms with Crippen LogP contribution in [0.3, 0.4) is 0 Å². The lowest BCUT2D eigenvalue weighted by Crippen LogP contribution is -2.38. The molecule has 0 aliphatic carbocycles. The average molecular weight is 265 g/mol. The topological polar surface area (TPSA) is 72.4 Å². The Kier molecular flexibility index (Phi) is 5.03. The molecule has 1 atom stereocenters. The number of para-hydroxylation sites is 1. The number of benzene rings is 1. The van der Waals surface area contributed by atoms with E-state index in [0.717, 1.165) is 12.1 Å². The first-order chi connectivity index (χ1) is 8.78. The van der Waals surface area contributed by atoms with E-state index in [1.165, 1.54) is 0 Å². The standard InChI is InChI=1S/C14H23N3O2/c1-11(16(4)10-14(2,3)9-15)12-7-5-6-8-13(12)17(18)19/h5-8,11H,9-10,15H2,1-4H3. The summed E-state index contributed by atoms with van der Waals surface area (Å²) in [6, 6.07) is 6.87. The Bertz CT molecular complexity index is 446. The molecular weight excluding hydrogens is 242 g/mol. The van der Waals surface area contributed by atoms with Gasteiger partial charge in [-0.05, 0) is 25.9 Å². The van der Waals surface area contributed by atoms with Crippen LogP contribution in [0.2, 0.25) is 0 Å². The molecule has 2 N–H and O–H groups in total. The van der Waals surface area contributed by atoms with Gasteiger partial charge in [0.25, 0.3) is 5.69 Å². The molecule has 19 heavy (non-hydrogen) atoms. The van der Waals surface area contributed by atoms with Crippen LogP contribution in [0.15, 0.2) is 24.3 Å². The molecule has 0 aliphatic rings. The van der Waals surface area contributed by atoms with E-state index in [-0.39, 0.29) is 22.1 Å². The highest BCUT2D eigenvalue weighted by Crippen LogP contribution is 2.29. The second kappa shape index (κ2) is 6.12. The van der Waals surface area contributed by atoms with E-state index in [1.54, 1.807) is 12.1 Å². The second-order valence-electron chi connectivity index (χ2n) is 5.78. The fourth-order valence-corrected chi connectivity index (χ4v) is 2.12. The van der Waals surface area contributed by atoms with Crippen LogP contribution >= 0.6 is 0 Å². The van der Waals surface area contributed by atoms with Crippen molar-refractivity contribution in [3.05, 3.63) is 39.9 Å². The molecule has 1 unspecified atom stereocenters. The Morgan fingerprint density at radius 3 is 2.53 bits per heavy atom. The molecule has 1 rings (SSSR count). The molecule has 106 valence electrons. The minimum atomic E-state index is -0.326. The van der Waals surface area contributed by atoms with Crippen molar-refractivity contribution in [3.63, 3.8) is 0 Å². The SMILES string of the molecule is CC(c1ccccc1[N+](=O)[O-])N(C)CC(C)(C)CN. The zero-order chi connectivity index (χ0) is 14.6. The Morgan fingerprint density at radius 1 is 1.42 bits per heavy atom. The molecule has 0 amide bonds. The van der Waals surface area contributed by atoms with Crippen LogP contribution in [0.4, 0.5) is 5.69 Å². The van der Waals surface area contributed by atoms with Crippen LogP contribution in [0.5, 0.6) is 0 Å². The van der Waals surface area contributed by atoms with Crippen LogP contribution < -0.4 is 5.73 Å². The molecule has 0 aromatic heterocycles. The van der Waals surface area contributed by atoms with Crippen LogP contribution in [0.25, 0.3) is 0 Å². The summed E-state index contributed by atoms with van der Waals surface area (Å²) < 4.78 is 0. The molecule has 1 aromatic rings. The second-order valence-corrected chi connectivity index (χ2v) is 5.78. The maximum atomic E-state index is 11.1. The summed E-state index contributed by atoms with van der Waals surface area (Å²) in [5.74, 6) is 0. The van der Waals surface area contributed by atoms with E-state index in [2.05, 4.69) is 18.7 Å². The lowest BCUT2D eigenvalue weighted by atomic mass is 9.92. The third-order valence-electron chi connectivity index (χ3n) is 3.47. The zero-order valence-electron chi connectivity index (χ0n) is 12.1. The van der Waals surface area contributed by atoms with Crippen LogP contribution in [0, 0.1) is 15.5 Å². The maximum absolute atomic E-state index is 11.1. The predicted molar refractivity (Wildman–Crippen MR) is 77.0 cm³/mol. The summed E-state index contributed by atoms with van der Waals surface area (Å²) in [6.45, 7) is 7.54. The summed E-state index contributed by atoms with van der Waals surface area (Å²) >= 11 is 0. The van der Waals surface area contributed by atoms with Crippen LogP contribution in [-0.4, -0.2) is 30.0 Å². The van der Waals surface area contributed by atoms with Crippen molar-refractivity contribution < 1.29 is 4.92 Å². The Hall–Kier alpha value is -1.46. The number of nitrogens with zero attached hydrogens (tertiary/aromatic N) is 2. The monoisotopic (exact) mass is 265 g/mol. The van der Waals surface area contributed by atoms with E-state index in [0.29, 0.717) is 6.54 Å². The van der Waals surface area contributed by atoms with Gasteiger partial charge in [-0.3, -0.25) is 15.0 Å². The van der Waals surface area contributed by atoms with Crippen molar-refractivity contribution in [1.82, 2.24) is 4.90 Å². The summed E-state index contributed by atoms with van der Waals surface area (Å²) in [4.78, 5) is 12.8. The molecule has 0 fully saturated rings. The molecule has 0 spiro atoms. The maximum Gasteiger partial charge on any atom is 0.274 e. The molecule has 5 heteroatoms. The van der Waals surface area contributed by atoms with Gasteiger partial charge in [-0.15, -0.1) is 0 Å². The third kappa shape index (κ3) is 4.01. The summed E-state index contributed by atoms with van der Waals surface area (Å²) in [5.41, 5.74) is 6.64. The van der Waals surface area contributed by atoms with Gasteiger partial charge in [-0.25, -0.2) is 0 Å². The number of hydrogen-bond donors (Lipinski definition) is 1. The molecule has 0 heterocycles. The Morgan fingerprint density at radius 2 is 2.00 bits per heavy atom. The van der Waals surface area contributed by atoms with E-state index in [1.807, 2.05) is 26.1 Å². The highest BCUT2D eigenvalue weighted by atomic mass is 16.6. The first-order valence-electron chi connectivity index (χ1n) is 6.42. The lowest BCUT2D eigenvalue weighted by molar-refractivity contribution is -0.386. The van der Waals surface area contributed by atoms with Crippen LogP contribution in [0.1, 0.15) is 32.4 Å². The number of nitro benzene ring substituents is 1. The van der Waals surface area contributed by atoms with Gasteiger partial charge in [0.1, 0.15) is 0 Å². The molecule has 0 aliphatic heterocycles. The van der Waals surface area contributed by atoms with Crippen molar-refractivity contribution in [2.45, 2.75) is 26.8 Å². The van der Waals surface area contributed by atoms with Crippen molar-refractivity contribution in [2.75, 3.05) is 20.1 Å². The predicted octanol–water partition coefficient (Wildman–Crippen LogP) is 2.57. The van der Waals surface area contributed by atoms with Crippen molar-refractivity contribution in [1.29, 1.82) is 0 Å². The lowest BCUT2D eigenvalue weighted by Gasteiger charge is -2.33. The average Bonchev–Trinajstić information content (AvgIpc) is 2.37. The molecule has 1 aromatic carbocycles. The van der Waals surface area contributed by atoms with Gasteiger partial charge in [0.05, 0.1) is 4.92 Å². The summed E-state index contributed by atoms with van der Waals surface area (Å²) in [7, 11) is 1.97. The number of nitro groups is 1. The minimum Gasteiger partial charge on any atom is -0.330 e. The first-order valence-corrected chi connectivity index (χ1v) is 6.42. The van der Waals surface area contributed by atoms with E-state index < -0.39 is 0 Å². The van der Waals surface area contributed by atoms with E-state index in [9.17, 15) is 10.1 Å². The molecular formula is C14H23N3O2. The fourth-order valence-electron chi connectivity index (χ4n) is 2.12. The van der Waals surface area contributed by atoms with Crippen LogP contribution in [-0.2, 0) is 0 Å². The van der Waals surface area contributed by atoms with Crippen molar-refractivity contribution >= 4 is 5.69 Å². The van der Waals surface area contributed by atoms with Gasteiger partial charge in [0.2, 0.25) is 0 Å². The molecule has 5 nitrogen and oxygen atoms in total. The molecule has 0 radical (unpaired) electrons. The zero-order valence-corrected chi connectivity index (χ0v) is 12.1. The number of hydrogen-bond acceptors (Lipinski definition) is 4. The highest BCUT2D eigenvalue weighted by Gasteiger charge is 2.25. The quantitative estimate of drug-likeness (QED) is 0.634. The first kappa shape index (κ1) is 15.6. The van der Waals surface area contributed by atoms with Crippen molar-refractivity contribution in [3.8, 4) is 0 Å². The Balaban J connectivity index is 2.94. The minimum absolute atomic E-state index is 0.00737. The summed E-state index contributed by atoms with van der Waals surface area (Å²) in [5, 5.41) is 11.1. The Labute approximate surface area is 114 Å². The largest absolute Gasteiger partial charge is 0.330 e. The van der Waals surface area contributed by atoms with Gasteiger partial charge in [-0.1, -0.05) is 32.0 Å². The van der Waals surface area contributed by atoms with E-state index >= 15 is 0 Å². The summed E-state index contributed by atoms with van der Waals surface area (Å²) in [6.07, 6.45) is 0. The smallest absolute Gasteiger partial charge is 0.274 e. The highest BCUT2D eigenvalue weighted by molar-refractivity contribution is 5.41. The molecule has 0 saturated carbocycles. The van der Waals surface area contributed by atoms with Gasteiger partial charge in [0.15, 0.2) is 0 Å². The third-order valence-corrected chi connectivity index (χ3v) is 3.47. The van der Waals surface area contributed by atoms with E-state index in [4.69, 9.17) is 5.73 Å². The van der Waals surface area contributed by atoms with Gasteiger partial charge < -0.3 is 5.73 Å². The number of rotatable bonds is 6.